The van der Waals surface area contributed by atoms with Gasteiger partial charge in [-0.1, -0.05) is 0 Å². The van der Waals surface area contributed by atoms with Crippen LogP contribution in [0.5, 0.6) is 11.5 Å². The molecule has 0 aromatic heterocycles. The van der Waals surface area contributed by atoms with Crippen LogP contribution in [0.4, 0.5) is 0 Å². The molecular formula is C13H14O4. The second-order valence-electron chi connectivity index (χ2n) is 3.75. The zero-order valence-electron chi connectivity index (χ0n) is 10.0. The summed E-state index contributed by atoms with van der Waals surface area (Å²) < 4.78 is 15.5. The molecule has 90 valence electrons. The fraction of sp³-hybridized carbons (Fsp3) is 0.308. The Bertz CT molecular complexity index is 476. The summed E-state index contributed by atoms with van der Waals surface area (Å²) in [6.45, 7) is 1.83. The van der Waals surface area contributed by atoms with Crippen molar-refractivity contribution in [1.29, 1.82) is 0 Å². The van der Waals surface area contributed by atoms with Crippen molar-refractivity contribution < 1.29 is 19.0 Å². The molecule has 1 aliphatic rings. The summed E-state index contributed by atoms with van der Waals surface area (Å²) in [5, 5.41) is 0. The first-order valence-corrected chi connectivity index (χ1v) is 5.30. The van der Waals surface area contributed by atoms with Crippen LogP contribution in [0, 0.1) is 0 Å². The standard InChI is InChI=1S/C13H14O4/c1-8-10(7-13(14)17-8)11-6-9(15-2)4-5-12(11)16-3/h4-8H,1-3H3. The molecule has 4 nitrogen and oxygen atoms in total. The third kappa shape index (κ3) is 2.11. The zero-order chi connectivity index (χ0) is 12.4. The highest BCUT2D eigenvalue weighted by Gasteiger charge is 2.25. The van der Waals surface area contributed by atoms with E-state index in [1.54, 1.807) is 14.2 Å². The van der Waals surface area contributed by atoms with Crippen LogP contribution in [0.1, 0.15) is 12.5 Å². The maximum absolute atomic E-state index is 11.2. The average Bonchev–Trinajstić information content (AvgIpc) is 2.67. The number of hydrogen-bond donors (Lipinski definition) is 0. The van der Waals surface area contributed by atoms with Gasteiger partial charge in [0, 0.05) is 17.2 Å². The second kappa shape index (κ2) is 4.49. The molecule has 1 atom stereocenters. The molecule has 1 aromatic rings. The number of hydrogen-bond acceptors (Lipinski definition) is 4. The molecule has 0 aliphatic carbocycles. The van der Waals surface area contributed by atoms with E-state index in [4.69, 9.17) is 14.2 Å². The van der Waals surface area contributed by atoms with Crippen LogP contribution in [0.15, 0.2) is 24.3 Å². The molecule has 0 saturated carbocycles. The van der Waals surface area contributed by atoms with E-state index in [2.05, 4.69) is 0 Å². The smallest absolute Gasteiger partial charge is 0.331 e. The summed E-state index contributed by atoms with van der Waals surface area (Å²) in [4.78, 5) is 11.2. The molecular weight excluding hydrogens is 220 g/mol. The van der Waals surface area contributed by atoms with Gasteiger partial charge in [-0.3, -0.25) is 0 Å². The van der Waals surface area contributed by atoms with Gasteiger partial charge in [0.25, 0.3) is 0 Å². The third-order valence-electron chi connectivity index (χ3n) is 2.72. The van der Waals surface area contributed by atoms with Crippen LogP contribution in [-0.2, 0) is 9.53 Å². The van der Waals surface area contributed by atoms with E-state index >= 15 is 0 Å². The number of carbonyl (C=O) groups is 1. The van der Waals surface area contributed by atoms with Gasteiger partial charge in [0.15, 0.2) is 0 Å². The first kappa shape index (κ1) is 11.5. The lowest BCUT2D eigenvalue weighted by atomic mass is 10.0. The number of esters is 1. The van der Waals surface area contributed by atoms with Gasteiger partial charge >= 0.3 is 5.97 Å². The first-order valence-electron chi connectivity index (χ1n) is 5.30. The molecule has 0 amide bonds. The van der Waals surface area contributed by atoms with E-state index in [0.717, 1.165) is 11.1 Å². The molecule has 2 rings (SSSR count). The van der Waals surface area contributed by atoms with Crippen molar-refractivity contribution in [2.75, 3.05) is 14.2 Å². The largest absolute Gasteiger partial charge is 0.497 e. The molecule has 1 heterocycles. The van der Waals surface area contributed by atoms with E-state index in [1.807, 2.05) is 25.1 Å². The van der Waals surface area contributed by atoms with Gasteiger partial charge in [0.05, 0.1) is 14.2 Å². The lowest BCUT2D eigenvalue weighted by Crippen LogP contribution is -2.06. The van der Waals surface area contributed by atoms with Gasteiger partial charge < -0.3 is 14.2 Å². The minimum Gasteiger partial charge on any atom is -0.497 e. The fourth-order valence-electron chi connectivity index (χ4n) is 1.85. The first-order chi connectivity index (χ1) is 8.15. The van der Waals surface area contributed by atoms with Crippen LogP contribution in [-0.4, -0.2) is 26.3 Å². The Morgan fingerprint density at radius 2 is 2.00 bits per heavy atom. The lowest BCUT2D eigenvalue weighted by Gasteiger charge is -2.13. The summed E-state index contributed by atoms with van der Waals surface area (Å²) >= 11 is 0. The van der Waals surface area contributed by atoms with Gasteiger partial charge in [-0.05, 0) is 25.1 Å². The number of cyclic esters (lactones) is 1. The Morgan fingerprint density at radius 1 is 1.24 bits per heavy atom. The summed E-state index contributed by atoms with van der Waals surface area (Å²) in [7, 11) is 3.19. The summed E-state index contributed by atoms with van der Waals surface area (Å²) in [5.41, 5.74) is 1.64. The third-order valence-corrected chi connectivity index (χ3v) is 2.72. The van der Waals surface area contributed by atoms with Crippen molar-refractivity contribution in [2.24, 2.45) is 0 Å². The minimum atomic E-state index is -0.322. The molecule has 0 N–H and O–H groups in total. The van der Waals surface area contributed by atoms with E-state index in [-0.39, 0.29) is 12.1 Å². The van der Waals surface area contributed by atoms with Gasteiger partial charge in [0.2, 0.25) is 0 Å². The van der Waals surface area contributed by atoms with Gasteiger partial charge in [-0.15, -0.1) is 0 Å². The maximum Gasteiger partial charge on any atom is 0.331 e. The lowest BCUT2D eigenvalue weighted by molar-refractivity contribution is -0.137. The van der Waals surface area contributed by atoms with E-state index in [1.165, 1.54) is 6.08 Å². The number of carbonyl (C=O) groups excluding carboxylic acids is 1. The topological polar surface area (TPSA) is 44.8 Å². The van der Waals surface area contributed by atoms with Crippen molar-refractivity contribution in [1.82, 2.24) is 0 Å². The SMILES string of the molecule is COc1ccc(OC)c(C2=CC(=O)OC2C)c1. The Hall–Kier alpha value is -1.97. The van der Waals surface area contributed by atoms with Crippen molar-refractivity contribution >= 4 is 11.5 Å². The quantitative estimate of drug-likeness (QED) is 0.751. The predicted octanol–water partition coefficient (Wildman–Crippen LogP) is 2.03. The Morgan fingerprint density at radius 3 is 2.53 bits per heavy atom. The van der Waals surface area contributed by atoms with Crippen LogP contribution < -0.4 is 9.47 Å². The Kier molecular flexibility index (Phi) is 3.04. The highest BCUT2D eigenvalue weighted by molar-refractivity contribution is 5.98. The molecule has 4 heteroatoms. The molecule has 0 saturated heterocycles. The molecule has 1 aliphatic heterocycles. The predicted molar refractivity (Wildman–Crippen MR) is 63.1 cm³/mol. The van der Waals surface area contributed by atoms with Crippen LogP contribution in [0.3, 0.4) is 0 Å². The van der Waals surface area contributed by atoms with Crippen LogP contribution in [0.25, 0.3) is 5.57 Å². The molecule has 0 fully saturated rings. The summed E-state index contributed by atoms with van der Waals surface area (Å²) in [5.74, 6) is 1.09. The van der Waals surface area contributed by atoms with Crippen molar-refractivity contribution in [3.05, 3.63) is 29.8 Å². The normalized spacial score (nSPS) is 18.6. The van der Waals surface area contributed by atoms with Gasteiger partial charge in [-0.2, -0.15) is 0 Å². The molecule has 0 bridgehead atoms. The number of ether oxygens (including phenoxy) is 3. The second-order valence-corrected chi connectivity index (χ2v) is 3.75. The van der Waals surface area contributed by atoms with E-state index < -0.39 is 0 Å². The average molecular weight is 234 g/mol. The molecule has 0 radical (unpaired) electrons. The van der Waals surface area contributed by atoms with Crippen molar-refractivity contribution in [2.45, 2.75) is 13.0 Å². The molecule has 0 spiro atoms. The zero-order valence-corrected chi connectivity index (χ0v) is 10.0. The number of rotatable bonds is 3. The van der Waals surface area contributed by atoms with E-state index in [9.17, 15) is 4.79 Å². The van der Waals surface area contributed by atoms with Crippen molar-refractivity contribution in [3.63, 3.8) is 0 Å². The van der Waals surface area contributed by atoms with Crippen molar-refractivity contribution in [3.8, 4) is 11.5 Å². The summed E-state index contributed by atoms with van der Waals surface area (Å²) in [6.07, 6.45) is 1.23. The van der Waals surface area contributed by atoms with Crippen LogP contribution in [0.2, 0.25) is 0 Å². The Labute approximate surface area is 99.8 Å². The fourth-order valence-corrected chi connectivity index (χ4v) is 1.85. The number of benzene rings is 1. The summed E-state index contributed by atoms with van der Waals surface area (Å²) in [6, 6.07) is 5.46. The highest BCUT2D eigenvalue weighted by atomic mass is 16.5. The maximum atomic E-state index is 11.2. The van der Waals surface area contributed by atoms with Crippen LogP contribution >= 0.6 is 0 Å². The number of methoxy groups -OCH3 is 2. The molecule has 1 unspecified atom stereocenters. The monoisotopic (exact) mass is 234 g/mol. The minimum absolute atomic E-state index is 0.261. The Balaban J connectivity index is 2.49. The highest BCUT2D eigenvalue weighted by Crippen LogP contribution is 2.35. The molecule has 17 heavy (non-hydrogen) atoms. The van der Waals surface area contributed by atoms with Gasteiger partial charge in [0.1, 0.15) is 17.6 Å². The van der Waals surface area contributed by atoms with Gasteiger partial charge in [-0.25, -0.2) is 4.79 Å². The molecule has 1 aromatic carbocycles. The van der Waals surface area contributed by atoms with E-state index in [0.29, 0.717) is 11.5 Å².